The number of nitrogens with one attached hydrogen (secondary N) is 2. The van der Waals surface area contributed by atoms with Crippen LogP contribution in [0.5, 0.6) is 0 Å². The summed E-state index contributed by atoms with van der Waals surface area (Å²) in [5, 5.41) is 4.98. The minimum absolute atomic E-state index is 0.0154. The van der Waals surface area contributed by atoms with Gasteiger partial charge >= 0.3 is 0 Å². The van der Waals surface area contributed by atoms with Crippen molar-refractivity contribution in [2.24, 2.45) is 0 Å². The van der Waals surface area contributed by atoms with Crippen LogP contribution in [0.3, 0.4) is 0 Å². The molecule has 1 heterocycles. The van der Waals surface area contributed by atoms with Gasteiger partial charge in [-0.2, -0.15) is 0 Å². The summed E-state index contributed by atoms with van der Waals surface area (Å²) in [4.78, 5) is 60.2. The highest BCUT2D eigenvalue weighted by atomic mass is 16.2. The monoisotopic (exact) mass is 429 g/mol. The van der Waals surface area contributed by atoms with E-state index in [0.717, 1.165) is 48.1 Å². The topological polar surface area (TPSA) is 113 Å². The summed E-state index contributed by atoms with van der Waals surface area (Å²) < 4.78 is 0. The Balaban J connectivity index is 1.98. The second-order valence-corrected chi connectivity index (χ2v) is 7.89. The van der Waals surface area contributed by atoms with Crippen molar-refractivity contribution in [3.05, 3.63) is 34.9 Å². The first-order valence-corrected chi connectivity index (χ1v) is 10.8. The Morgan fingerprint density at radius 2 is 1.87 bits per heavy atom. The van der Waals surface area contributed by atoms with Crippen molar-refractivity contribution in [1.82, 2.24) is 15.5 Å². The number of hydrogen-bond donors (Lipinski definition) is 2. The number of aryl methyl sites for hydroxylation is 2. The van der Waals surface area contributed by atoms with E-state index in [0.29, 0.717) is 24.9 Å². The predicted molar refractivity (Wildman–Crippen MR) is 115 cm³/mol. The normalized spacial score (nSPS) is 15.9. The number of imide groups is 2. The van der Waals surface area contributed by atoms with Crippen molar-refractivity contribution in [3.63, 3.8) is 0 Å². The molecule has 0 bridgehead atoms. The summed E-state index contributed by atoms with van der Waals surface area (Å²) in [6.45, 7) is 4.01. The van der Waals surface area contributed by atoms with Crippen molar-refractivity contribution in [1.29, 1.82) is 0 Å². The molecule has 1 saturated heterocycles. The Morgan fingerprint density at radius 1 is 1.16 bits per heavy atom. The zero-order chi connectivity index (χ0) is 22.8. The third-order valence-electron chi connectivity index (χ3n) is 5.46. The first kappa shape index (κ1) is 24.2. The number of rotatable bonds is 11. The first-order valence-electron chi connectivity index (χ1n) is 10.8. The zero-order valence-electron chi connectivity index (χ0n) is 18.2. The van der Waals surface area contributed by atoms with Gasteiger partial charge in [0.1, 0.15) is 6.04 Å². The number of amides is 5. The van der Waals surface area contributed by atoms with Crippen LogP contribution < -0.4 is 10.6 Å². The van der Waals surface area contributed by atoms with E-state index in [4.69, 9.17) is 0 Å². The van der Waals surface area contributed by atoms with Crippen molar-refractivity contribution >= 4 is 30.0 Å². The molecular formula is C23H31N3O5. The Morgan fingerprint density at radius 3 is 2.55 bits per heavy atom. The molecule has 0 spiro atoms. The van der Waals surface area contributed by atoms with Crippen LogP contribution in [0.4, 0.5) is 0 Å². The number of hydrogen-bond acceptors (Lipinski definition) is 5. The van der Waals surface area contributed by atoms with Crippen LogP contribution in [-0.4, -0.2) is 47.5 Å². The zero-order valence-corrected chi connectivity index (χ0v) is 18.2. The molecule has 0 radical (unpaired) electrons. The second-order valence-electron chi connectivity index (χ2n) is 7.89. The van der Waals surface area contributed by atoms with Gasteiger partial charge in [0.15, 0.2) is 0 Å². The standard InChI is InChI=1S/C23H31N3O5/c1-16-9-8-11-18(10-6-4-3-5-7-14-24-17(2)28)21(16)23(31)26(15-27)19-12-13-20(29)25-22(19)30/h8-9,11,15,19H,3-7,10,12-14H2,1-2H3,(H,24,28)(H,25,29,30). The largest absolute Gasteiger partial charge is 0.356 e. The highest BCUT2D eigenvalue weighted by Crippen LogP contribution is 2.22. The van der Waals surface area contributed by atoms with Crippen LogP contribution in [0.2, 0.25) is 0 Å². The highest BCUT2D eigenvalue weighted by Gasteiger charge is 2.35. The van der Waals surface area contributed by atoms with Gasteiger partial charge in [0.05, 0.1) is 0 Å². The number of carbonyl (C=O) groups is 5. The smallest absolute Gasteiger partial charge is 0.261 e. The maximum Gasteiger partial charge on any atom is 0.261 e. The summed E-state index contributed by atoms with van der Waals surface area (Å²) in [7, 11) is 0. The van der Waals surface area contributed by atoms with E-state index in [2.05, 4.69) is 10.6 Å². The Kier molecular flexibility index (Phi) is 9.37. The van der Waals surface area contributed by atoms with Crippen molar-refractivity contribution in [2.45, 2.75) is 71.3 Å². The van der Waals surface area contributed by atoms with Gasteiger partial charge in [-0.05, 0) is 43.7 Å². The lowest BCUT2D eigenvalue weighted by molar-refractivity contribution is -0.139. The van der Waals surface area contributed by atoms with Crippen molar-refractivity contribution in [3.8, 4) is 0 Å². The molecule has 0 aliphatic carbocycles. The van der Waals surface area contributed by atoms with Gasteiger partial charge in [-0.1, -0.05) is 37.5 Å². The fourth-order valence-corrected chi connectivity index (χ4v) is 3.82. The molecule has 1 unspecified atom stereocenters. The van der Waals surface area contributed by atoms with E-state index in [1.54, 1.807) is 0 Å². The molecule has 1 aliphatic rings. The molecule has 31 heavy (non-hydrogen) atoms. The fourth-order valence-electron chi connectivity index (χ4n) is 3.82. The van der Waals surface area contributed by atoms with Crippen LogP contribution in [-0.2, 0) is 25.6 Å². The average molecular weight is 430 g/mol. The molecule has 0 aromatic heterocycles. The Hall–Kier alpha value is -3.03. The lowest BCUT2D eigenvalue weighted by atomic mass is 9.95. The van der Waals surface area contributed by atoms with E-state index in [1.807, 2.05) is 25.1 Å². The molecule has 1 aromatic carbocycles. The van der Waals surface area contributed by atoms with E-state index in [9.17, 15) is 24.0 Å². The van der Waals surface area contributed by atoms with Gasteiger partial charge in [-0.15, -0.1) is 0 Å². The van der Waals surface area contributed by atoms with Gasteiger partial charge in [-0.25, -0.2) is 0 Å². The molecule has 8 nitrogen and oxygen atoms in total. The highest BCUT2D eigenvalue weighted by molar-refractivity contribution is 6.08. The van der Waals surface area contributed by atoms with Gasteiger partial charge < -0.3 is 5.32 Å². The van der Waals surface area contributed by atoms with E-state index in [-0.39, 0.29) is 18.7 Å². The Bertz CT molecular complexity index is 837. The lowest BCUT2D eigenvalue weighted by Gasteiger charge is -2.29. The second kappa shape index (κ2) is 12.0. The minimum Gasteiger partial charge on any atom is -0.356 e. The molecule has 168 valence electrons. The van der Waals surface area contributed by atoms with Crippen LogP contribution in [0.15, 0.2) is 18.2 Å². The van der Waals surface area contributed by atoms with Gasteiger partial charge in [0, 0.05) is 25.5 Å². The summed E-state index contributed by atoms with van der Waals surface area (Å²) in [6, 6.07) is 4.60. The third-order valence-corrected chi connectivity index (χ3v) is 5.46. The van der Waals surface area contributed by atoms with Crippen LogP contribution in [0.25, 0.3) is 0 Å². The molecule has 2 N–H and O–H groups in total. The SMILES string of the molecule is CC(=O)NCCCCCCCc1cccc(C)c1C(=O)N(C=O)C1CCC(=O)NC1=O. The number of benzene rings is 1. The van der Waals surface area contributed by atoms with Crippen molar-refractivity contribution in [2.75, 3.05) is 6.54 Å². The Labute approximate surface area is 182 Å². The molecule has 1 aromatic rings. The fraction of sp³-hybridized carbons (Fsp3) is 0.522. The number of nitrogens with zero attached hydrogens (tertiary/aromatic N) is 1. The van der Waals surface area contributed by atoms with Gasteiger partial charge in [-0.3, -0.25) is 34.2 Å². The number of piperidine rings is 1. The van der Waals surface area contributed by atoms with Gasteiger partial charge in [0.25, 0.3) is 5.91 Å². The van der Waals surface area contributed by atoms with Crippen LogP contribution >= 0.6 is 0 Å². The van der Waals surface area contributed by atoms with Crippen molar-refractivity contribution < 1.29 is 24.0 Å². The number of carbonyl (C=O) groups excluding carboxylic acids is 5. The maximum absolute atomic E-state index is 13.2. The molecular weight excluding hydrogens is 398 g/mol. The van der Waals surface area contributed by atoms with E-state index < -0.39 is 23.8 Å². The molecule has 5 amide bonds. The first-order chi connectivity index (χ1) is 14.8. The molecule has 1 fully saturated rings. The molecule has 1 atom stereocenters. The average Bonchev–Trinajstić information content (AvgIpc) is 2.71. The summed E-state index contributed by atoms with van der Waals surface area (Å²) in [5.41, 5.74) is 2.05. The van der Waals surface area contributed by atoms with E-state index >= 15 is 0 Å². The summed E-state index contributed by atoms with van der Waals surface area (Å²) in [5.74, 6) is -1.54. The lowest BCUT2D eigenvalue weighted by Crippen LogP contribution is -2.54. The minimum atomic E-state index is -0.973. The number of unbranched alkanes of at least 4 members (excludes halogenated alkanes) is 4. The predicted octanol–water partition coefficient (Wildman–Crippen LogP) is 2.03. The molecule has 8 heteroatoms. The van der Waals surface area contributed by atoms with Crippen LogP contribution in [0.1, 0.15) is 73.4 Å². The quantitative estimate of drug-likeness (QED) is 0.317. The molecule has 1 aliphatic heterocycles. The maximum atomic E-state index is 13.2. The van der Waals surface area contributed by atoms with Crippen LogP contribution in [0, 0.1) is 6.92 Å². The third kappa shape index (κ3) is 7.01. The summed E-state index contributed by atoms with van der Waals surface area (Å²) >= 11 is 0. The molecule has 0 saturated carbocycles. The van der Waals surface area contributed by atoms with Gasteiger partial charge in [0.2, 0.25) is 24.1 Å². The molecule has 2 rings (SSSR count). The van der Waals surface area contributed by atoms with E-state index in [1.165, 1.54) is 6.92 Å². The summed E-state index contributed by atoms with van der Waals surface area (Å²) in [6.07, 6.45) is 6.18.